The van der Waals surface area contributed by atoms with E-state index in [2.05, 4.69) is 15.3 Å². The van der Waals surface area contributed by atoms with Crippen molar-refractivity contribution in [2.75, 3.05) is 5.32 Å². The largest absolute Gasteiger partial charge is 0.418 e. The van der Waals surface area contributed by atoms with Crippen molar-refractivity contribution in [3.05, 3.63) is 46.9 Å². The molecule has 0 bridgehead atoms. The first-order valence-corrected chi connectivity index (χ1v) is 6.79. The topological polar surface area (TPSA) is 37.8 Å². The molecule has 0 atom stereocenters. The third-order valence-corrected chi connectivity index (χ3v) is 3.34. The Morgan fingerprint density at radius 2 is 1.86 bits per heavy atom. The second-order valence-corrected chi connectivity index (χ2v) is 5.26. The number of nitrogens with one attached hydrogen (secondary N) is 1. The zero-order chi connectivity index (χ0) is 15.0. The maximum absolute atomic E-state index is 12.9. The molecule has 7 heteroatoms. The molecule has 0 amide bonds. The molecular weight excluding hydrogens is 303 g/mol. The fourth-order valence-corrected chi connectivity index (χ4v) is 2.19. The van der Waals surface area contributed by atoms with Gasteiger partial charge in [-0.25, -0.2) is 9.97 Å². The predicted octanol–water partition coefficient (Wildman–Crippen LogP) is 4.77. The van der Waals surface area contributed by atoms with Crippen LogP contribution in [0.15, 0.2) is 30.3 Å². The van der Waals surface area contributed by atoms with Crippen molar-refractivity contribution in [2.24, 2.45) is 0 Å². The van der Waals surface area contributed by atoms with Gasteiger partial charge in [-0.05, 0) is 25.0 Å². The number of hydrogen-bond donors (Lipinski definition) is 1. The lowest BCUT2D eigenvalue weighted by Crippen LogP contribution is -2.09. The number of anilines is 2. The molecule has 1 heterocycles. The second kappa shape index (κ2) is 5.18. The summed E-state index contributed by atoms with van der Waals surface area (Å²) in [7, 11) is 0. The normalized spacial score (nSPS) is 15.0. The van der Waals surface area contributed by atoms with Gasteiger partial charge in [-0.15, -0.1) is 0 Å². The molecule has 0 unspecified atom stereocenters. The monoisotopic (exact) mass is 313 g/mol. The second-order valence-electron chi connectivity index (χ2n) is 4.88. The maximum atomic E-state index is 12.9. The van der Waals surface area contributed by atoms with Crippen LogP contribution >= 0.6 is 11.6 Å². The van der Waals surface area contributed by atoms with Crippen molar-refractivity contribution in [1.82, 2.24) is 9.97 Å². The molecule has 1 fully saturated rings. The summed E-state index contributed by atoms with van der Waals surface area (Å²) in [5, 5.41) is 2.91. The highest BCUT2D eigenvalue weighted by molar-refractivity contribution is 6.29. The number of alkyl halides is 3. The number of rotatable bonds is 3. The van der Waals surface area contributed by atoms with Crippen LogP contribution in [0.25, 0.3) is 0 Å². The van der Waals surface area contributed by atoms with Crippen molar-refractivity contribution in [1.29, 1.82) is 0 Å². The molecule has 21 heavy (non-hydrogen) atoms. The average Bonchev–Trinajstić information content (AvgIpc) is 3.21. The summed E-state index contributed by atoms with van der Waals surface area (Å²) < 4.78 is 38.8. The van der Waals surface area contributed by atoms with Crippen LogP contribution < -0.4 is 5.32 Å². The van der Waals surface area contributed by atoms with Crippen LogP contribution in [0.2, 0.25) is 5.15 Å². The fourth-order valence-electron chi connectivity index (χ4n) is 2.00. The third kappa shape index (κ3) is 3.26. The first-order valence-electron chi connectivity index (χ1n) is 6.41. The van der Waals surface area contributed by atoms with Gasteiger partial charge in [0.05, 0.1) is 11.3 Å². The maximum Gasteiger partial charge on any atom is 0.418 e. The van der Waals surface area contributed by atoms with Crippen molar-refractivity contribution in [3.8, 4) is 0 Å². The van der Waals surface area contributed by atoms with E-state index in [0.29, 0.717) is 5.82 Å². The lowest BCUT2D eigenvalue weighted by molar-refractivity contribution is -0.136. The Balaban J connectivity index is 1.94. The van der Waals surface area contributed by atoms with Gasteiger partial charge in [0.2, 0.25) is 0 Å². The van der Waals surface area contributed by atoms with Gasteiger partial charge in [-0.1, -0.05) is 23.7 Å². The van der Waals surface area contributed by atoms with E-state index >= 15 is 0 Å². The van der Waals surface area contributed by atoms with E-state index in [1.54, 1.807) is 0 Å². The number of nitrogens with zero attached hydrogens (tertiary/aromatic N) is 2. The number of aromatic nitrogens is 2. The van der Waals surface area contributed by atoms with E-state index in [9.17, 15) is 13.2 Å². The molecule has 1 N–H and O–H groups in total. The third-order valence-electron chi connectivity index (χ3n) is 3.15. The van der Waals surface area contributed by atoms with E-state index in [0.717, 1.165) is 18.9 Å². The molecule has 0 saturated heterocycles. The minimum atomic E-state index is -4.43. The average molecular weight is 314 g/mol. The summed E-state index contributed by atoms with van der Waals surface area (Å²) in [6.07, 6.45) is -2.46. The fraction of sp³-hybridized carbons (Fsp3) is 0.286. The van der Waals surface area contributed by atoms with Gasteiger partial charge in [-0.3, -0.25) is 0 Å². The molecule has 1 aliphatic rings. The van der Waals surface area contributed by atoms with Gasteiger partial charge in [-0.2, -0.15) is 13.2 Å². The van der Waals surface area contributed by atoms with Crippen molar-refractivity contribution < 1.29 is 13.2 Å². The summed E-state index contributed by atoms with van der Waals surface area (Å²) in [6, 6.07) is 6.67. The van der Waals surface area contributed by atoms with Gasteiger partial charge in [0, 0.05) is 12.0 Å². The first kappa shape index (κ1) is 14.1. The zero-order valence-electron chi connectivity index (χ0n) is 10.8. The summed E-state index contributed by atoms with van der Waals surface area (Å²) in [4.78, 5) is 8.34. The summed E-state index contributed by atoms with van der Waals surface area (Å²) in [6.45, 7) is 0. The molecule has 0 spiro atoms. The molecule has 0 aliphatic heterocycles. The van der Waals surface area contributed by atoms with Gasteiger partial charge >= 0.3 is 6.18 Å². The highest BCUT2D eigenvalue weighted by atomic mass is 35.5. The highest BCUT2D eigenvalue weighted by Gasteiger charge is 2.33. The standard InChI is InChI=1S/C14H11ClF3N3/c15-11-7-12(21-13(20-11)8-5-6-8)19-10-4-2-1-3-9(10)14(16,17)18/h1-4,7-8H,5-6H2,(H,19,20,21). The smallest absolute Gasteiger partial charge is 0.340 e. The van der Waals surface area contributed by atoms with E-state index in [1.807, 2.05) is 0 Å². The predicted molar refractivity (Wildman–Crippen MR) is 73.7 cm³/mol. The number of para-hydroxylation sites is 1. The molecular formula is C14H11ClF3N3. The quantitative estimate of drug-likeness (QED) is 0.829. The summed E-state index contributed by atoms with van der Waals surface area (Å²) in [5.74, 6) is 1.12. The van der Waals surface area contributed by atoms with Crippen LogP contribution in [0, 0.1) is 0 Å². The molecule has 1 aromatic carbocycles. The van der Waals surface area contributed by atoms with Crippen LogP contribution in [-0.2, 0) is 6.18 Å². The van der Waals surface area contributed by atoms with Crippen LogP contribution in [0.3, 0.4) is 0 Å². The van der Waals surface area contributed by atoms with E-state index in [1.165, 1.54) is 24.3 Å². The van der Waals surface area contributed by atoms with Crippen molar-refractivity contribution in [3.63, 3.8) is 0 Å². The van der Waals surface area contributed by atoms with E-state index < -0.39 is 11.7 Å². The molecule has 1 aliphatic carbocycles. The lowest BCUT2D eigenvalue weighted by Gasteiger charge is -2.14. The summed E-state index contributed by atoms with van der Waals surface area (Å²) in [5.41, 5.74) is -0.797. The summed E-state index contributed by atoms with van der Waals surface area (Å²) >= 11 is 5.90. The Morgan fingerprint density at radius 1 is 1.14 bits per heavy atom. The SMILES string of the molecule is FC(F)(F)c1ccccc1Nc1cc(Cl)nc(C2CC2)n1. The molecule has 1 saturated carbocycles. The number of halogens is 4. The van der Waals surface area contributed by atoms with Crippen LogP contribution in [0.1, 0.15) is 30.1 Å². The molecule has 3 rings (SSSR count). The Bertz CT molecular complexity index is 669. The van der Waals surface area contributed by atoms with E-state index in [-0.39, 0.29) is 22.6 Å². The van der Waals surface area contributed by atoms with Crippen LogP contribution in [-0.4, -0.2) is 9.97 Å². The molecule has 3 nitrogen and oxygen atoms in total. The van der Waals surface area contributed by atoms with Gasteiger partial charge < -0.3 is 5.32 Å². The van der Waals surface area contributed by atoms with Crippen molar-refractivity contribution >= 4 is 23.1 Å². The minimum absolute atomic E-state index is 0.0542. The lowest BCUT2D eigenvalue weighted by atomic mass is 10.1. The molecule has 0 radical (unpaired) electrons. The van der Waals surface area contributed by atoms with E-state index in [4.69, 9.17) is 11.6 Å². The Kier molecular flexibility index (Phi) is 3.49. The van der Waals surface area contributed by atoms with Gasteiger partial charge in [0.25, 0.3) is 0 Å². The van der Waals surface area contributed by atoms with Crippen LogP contribution in [0.4, 0.5) is 24.7 Å². The first-order chi connectivity index (χ1) is 9.93. The number of hydrogen-bond acceptors (Lipinski definition) is 3. The van der Waals surface area contributed by atoms with Gasteiger partial charge in [0.15, 0.2) is 0 Å². The zero-order valence-corrected chi connectivity index (χ0v) is 11.5. The highest BCUT2D eigenvalue weighted by Crippen LogP contribution is 2.39. The molecule has 2 aromatic rings. The molecule has 110 valence electrons. The Hall–Kier alpha value is -1.82. The number of benzene rings is 1. The Labute approximate surface area is 124 Å². The van der Waals surface area contributed by atoms with Crippen molar-refractivity contribution in [2.45, 2.75) is 24.9 Å². The van der Waals surface area contributed by atoms with Crippen LogP contribution in [0.5, 0.6) is 0 Å². The molecule has 1 aromatic heterocycles. The Morgan fingerprint density at radius 3 is 2.52 bits per heavy atom. The van der Waals surface area contributed by atoms with Gasteiger partial charge in [0.1, 0.15) is 16.8 Å². The minimum Gasteiger partial charge on any atom is -0.340 e.